The third-order valence-corrected chi connectivity index (χ3v) is 6.87. The van der Waals surface area contributed by atoms with Crippen LogP contribution in [0.3, 0.4) is 0 Å². The first-order chi connectivity index (χ1) is 12.7. The molecule has 7 heteroatoms. The molecule has 1 aromatic carbocycles. The van der Waals surface area contributed by atoms with Gasteiger partial charge in [-0.25, -0.2) is 4.98 Å². The number of benzene rings is 1. The van der Waals surface area contributed by atoms with Gasteiger partial charge in [0.05, 0.1) is 16.1 Å². The largest absolute Gasteiger partial charge is 0.304 e. The van der Waals surface area contributed by atoms with Crippen LogP contribution in [0.1, 0.15) is 23.2 Å². The van der Waals surface area contributed by atoms with Crippen molar-refractivity contribution >= 4 is 23.1 Å². The van der Waals surface area contributed by atoms with Crippen molar-refractivity contribution in [3.63, 3.8) is 0 Å². The molecule has 0 radical (unpaired) electrons. The van der Waals surface area contributed by atoms with E-state index in [9.17, 15) is 0 Å². The first-order valence-electron chi connectivity index (χ1n) is 8.94. The molecule has 0 saturated heterocycles. The molecule has 3 heterocycles. The molecule has 0 saturated carbocycles. The van der Waals surface area contributed by atoms with Crippen molar-refractivity contribution in [1.82, 2.24) is 24.6 Å². The van der Waals surface area contributed by atoms with E-state index in [1.165, 1.54) is 24.1 Å². The molecule has 0 unspecified atom stereocenters. The summed E-state index contributed by atoms with van der Waals surface area (Å²) in [7, 11) is 2.04. The van der Waals surface area contributed by atoms with E-state index in [4.69, 9.17) is 0 Å². The topological polar surface area (TPSA) is 46.8 Å². The molecule has 5 nitrogen and oxygen atoms in total. The fourth-order valence-corrected chi connectivity index (χ4v) is 5.01. The highest BCUT2D eigenvalue weighted by Crippen LogP contribution is 2.28. The maximum absolute atomic E-state index is 4.37. The minimum atomic E-state index is 0.917. The van der Waals surface area contributed by atoms with Gasteiger partial charge in [0.2, 0.25) is 0 Å². The lowest BCUT2D eigenvalue weighted by atomic mass is 10.00. The van der Waals surface area contributed by atoms with Crippen LogP contribution >= 0.6 is 23.1 Å². The van der Waals surface area contributed by atoms with Gasteiger partial charge in [-0.3, -0.25) is 4.90 Å². The Balaban J connectivity index is 1.28. The first-order valence-corrected chi connectivity index (χ1v) is 10.8. The predicted octanol–water partition coefficient (Wildman–Crippen LogP) is 3.79. The summed E-state index contributed by atoms with van der Waals surface area (Å²) in [4.78, 5) is 7.98. The summed E-state index contributed by atoms with van der Waals surface area (Å²) in [6.45, 7) is 5.41. The molecule has 0 atom stereocenters. The molecule has 0 fully saturated rings. The van der Waals surface area contributed by atoms with Gasteiger partial charge < -0.3 is 4.57 Å². The lowest BCUT2D eigenvalue weighted by Crippen LogP contribution is -2.31. The van der Waals surface area contributed by atoms with Crippen molar-refractivity contribution < 1.29 is 0 Å². The van der Waals surface area contributed by atoms with Crippen LogP contribution in [0, 0.1) is 6.92 Å². The molecule has 136 valence electrons. The Kier molecular flexibility index (Phi) is 5.38. The molecular weight excluding hydrogens is 362 g/mol. The van der Waals surface area contributed by atoms with Crippen molar-refractivity contribution in [3.8, 4) is 10.7 Å². The average Bonchev–Trinajstić information content (AvgIpc) is 3.24. The van der Waals surface area contributed by atoms with Crippen LogP contribution < -0.4 is 0 Å². The highest BCUT2D eigenvalue weighted by Gasteiger charge is 2.17. The van der Waals surface area contributed by atoms with Crippen molar-refractivity contribution in [1.29, 1.82) is 0 Å². The van der Waals surface area contributed by atoms with Crippen LogP contribution in [0.25, 0.3) is 10.7 Å². The van der Waals surface area contributed by atoms with Gasteiger partial charge in [-0.05, 0) is 37.4 Å². The second-order valence-corrected chi connectivity index (χ2v) is 8.55. The number of thiazole rings is 1. The fraction of sp³-hybridized carbons (Fsp3) is 0.421. The molecule has 0 amide bonds. The van der Waals surface area contributed by atoms with E-state index in [1.807, 2.05) is 19.5 Å². The molecule has 0 N–H and O–H groups in total. The summed E-state index contributed by atoms with van der Waals surface area (Å²) in [6.07, 6.45) is 2.33. The van der Waals surface area contributed by atoms with E-state index in [0.29, 0.717) is 0 Å². The monoisotopic (exact) mass is 385 g/mol. The molecular formula is C19H23N5S2. The van der Waals surface area contributed by atoms with Crippen LogP contribution in [-0.2, 0) is 20.0 Å². The number of nitrogens with zero attached hydrogens (tertiary/aromatic N) is 5. The first kappa shape index (κ1) is 17.7. The molecule has 26 heavy (non-hydrogen) atoms. The van der Waals surface area contributed by atoms with Crippen molar-refractivity contribution in [3.05, 3.63) is 46.6 Å². The number of aryl methyl sites for hydroxylation is 1. The standard InChI is InChI=1S/C19H23N5S2/c1-14-17(26-13-20-14)18-21-22-19(23(18)2)25-11-5-9-24-10-8-15-6-3-4-7-16(15)12-24/h3-4,6-7,13H,5,8-12H2,1-2H3. The van der Waals surface area contributed by atoms with Gasteiger partial charge in [-0.15, -0.1) is 21.5 Å². The van der Waals surface area contributed by atoms with Gasteiger partial charge in [-0.1, -0.05) is 36.0 Å². The van der Waals surface area contributed by atoms with Gasteiger partial charge in [0.15, 0.2) is 11.0 Å². The van der Waals surface area contributed by atoms with Gasteiger partial charge in [0, 0.05) is 25.9 Å². The zero-order chi connectivity index (χ0) is 17.9. The molecule has 3 aromatic rings. The fourth-order valence-electron chi connectivity index (χ4n) is 3.35. The molecule has 4 rings (SSSR count). The molecule has 1 aliphatic rings. The van der Waals surface area contributed by atoms with E-state index in [2.05, 4.69) is 48.9 Å². The molecule has 2 aromatic heterocycles. The zero-order valence-electron chi connectivity index (χ0n) is 15.2. The highest BCUT2D eigenvalue weighted by atomic mass is 32.2. The Morgan fingerprint density at radius 3 is 2.85 bits per heavy atom. The summed E-state index contributed by atoms with van der Waals surface area (Å²) >= 11 is 3.41. The maximum atomic E-state index is 4.37. The van der Waals surface area contributed by atoms with E-state index in [-0.39, 0.29) is 0 Å². The van der Waals surface area contributed by atoms with Gasteiger partial charge in [0.1, 0.15) is 0 Å². The Morgan fingerprint density at radius 2 is 2.04 bits per heavy atom. The lowest BCUT2D eigenvalue weighted by Gasteiger charge is -2.28. The van der Waals surface area contributed by atoms with E-state index < -0.39 is 0 Å². The van der Waals surface area contributed by atoms with Crippen molar-refractivity contribution in [2.75, 3.05) is 18.8 Å². The Morgan fingerprint density at radius 1 is 1.19 bits per heavy atom. The summed E-state index contributed by atoms with van der Waals surface area (Å²) in [5, 5.41) is 9.72. The SMILES string of the molecule is Cc1ncsc1-c1nnc(SCCCN2CCc3ccccc3C2)n1C. The maximum Gasteiger partial charge on any atom is 0.191 e. The summed E-state index contributed by atoms with van der Waals surface area (Å²) in [5.74, 6) is 1.98. The minimum absolute atomic E-state index is 0.917. The number of hydrogen-bond acceptors (Lipinski definition) is 6. The Hall–Kier alpha value is -1.70. The molecule has 0 spiro atoms. The Labute approximate surface area is 162 Å². The smallest absolute Gasteiger partial charge is 0.191 e. The van der Waals surface area contributed by atoms with Crippen LogP contribution in [-0.4, -0.2) is 43.5 Å². The minimum Gasteiger partial charge on any atom is -0.304 e. The second-order valence-electron chi connectivity index (χ2n) is 6.63. The molecule has 1 aliphatic heterocycles. The van der Waals surface area contributed by atoms with E-state index >= 15 is 0 Å². The third-order valence-electron chi connectivity index (χ3n) is 4.84. The number of rotatable bonds is 6. The quantitative estimate of drug-likeness (QED) is 0.477. The zero-order valence-corrected chi connectivity index (χ0v) is 16.8. The van der Waals surface area contributed by atoms with Crippen LogP contribution in [0.2, 0.25) is 0 Å². The molecule has 0 bridgehead atoms. The number of hydrogen-bond donors (Lipinski definition) is 0. The van der Waals surface area contributed by atoms with Gasteiger partial charge in [0.25, 0.3) is 0 Å². The lowest BCUT2D eigenvalue weighted by molar-refractivity contribution is 0.255. The van der Waals surface area contributed by atoms with Crippen molar-refractivity contribution in [2.24, 2.45) is 7.05 Å². The number of thioether (sulfide) groups is 1. The van der Waals surface area contributed by atoms with Gasteiger partial charge >= 0.3 is 0 Å². The van der Waals surface area contributed by atoms with Gasteiger partial charge in [-0.2, -0.15) is 0 Å². The van der Waals surface area contributed by atoms with Crippen LogP contribution in [0.4, 0.5) is 0 Å². The highest BCUT2D eigenvalue weighted by molar-refractivity contribution is 7.99. The van der Waals surface area contributed by atoms with Crippen LogP contribution in [0.5, 0.6) is 0 Å². The summed E-state index contributed by atoms with van der Waals surface area (Å²) < 4.78 is 2.09. The van der Waals surface area contributed by atoms with E-state index in [1.54, 1.807) is 23.1 Å². The van der Waals surface area contributed by atoms with E-state index in [0.717, 1.165) is 46.8 Å². The third kappa shape index (κ3) is 3.70. The summed E-state index contributed by atoms with van der Waals surface area (Å²) in [6, 6.07) is 8.82. The normalized spacial score (nSPS) is 14.5. The average molecular weight is 386 g/mol. The summed E-state index contributed by atoms with van der Waals surface area (Å²) in [5.41, 5.74) is 5.89. The number of fused-ring (bicyclic) bond motifs is 1. The van der Waals surface area contributed by atoms with Crippen molar-refractivity contribution in [2.45, 2.75) is 31.5 Å². The predicted molar refractivity (Wildman–Crippen MR) is 108 cm³/mol. The number of aromatic nitrogens is 4. The second kappa shape index (κ2) is 7.90. The Bertz CT molecular complexity index is 886. The van der Waals surface area contributed by atoms with Crippen LogP contribution in [0.15, 0.2) is 34.9 Å². The molecule has 0 aliphatic carbocycles.